The minimum absolute atomic E-state index is 0. The summed E-state index contributed by atoms with van der Waals surface area (Å²) in [6.07, 6.45) is -2.82. The van der Waals surface area contributed by atoms with E-state index in [9.17, 15) is 35.9 Å². The Kier molecular flexibility index (Phi) is 20.8. The van der Waals surface area contributed by atoms with Crippen molar-refractivity contribution in [3.8, 4) is 11.5 Å². The first-order chi connectivity index (χ1) is 36.4. The second kappa shape index (κ2) is 27.1. The number of aryl methyl sites for hydroxylation is 4. The van der Waals surface area contributed by atoms with Gasteiger partial charge < -0.3 is 41.8 Å². The topological polar surface area (TPSA) is 196 Å². The van der Waals surface area contributed by atoms with Crippen molar-refractivity contribution in [3.05, 3.63) is 153 Å². The summed E-state index contributed by atoms with van der Waals surface area (Å²) in [4.78, 5) is 41.6. The van der Waals surface area contributed by atoms with Gasteiger partial charge in [0.05, 0.1) is 61.0 Å². The Balaban J connectivity index is 0.000000247. The number of rotatable bonds is 19. The molecule has 0 unspecified atom stereocenters. The minimum Gasteiger partial charge on any atom is -0.495 e. The summed E-state index contributed by atoms with van der Waals surface area (Å²) in [6.45, 7) is 7.25. The molecule has 7 N–H and O–H groups in total. The number of anilines is 4. The van der Waals surface area contributed by atoms with Gasteiger partial charge in [-0.15, -0.1) is 0 Å². The lowest BCUT2D eigenvalue weighted by Crippen LogP contribution is -2.32. The highest BCUT2D eigenvalue weighted by molar-refractivity contribution is 5.77. The third-order valence-electron chi connectivity index (χ3n) is 13.8. The van der Waals surface area contributed by atoms with Crippen LogP contribution in [-0.2, 0) is 60.5 Å². The van der Waals surface area contributed by atoms with E-state index in [-0.39, 0.29) is 69.2 Å². The van der Waals surface area contributed by atoms with E-state index in [1.54, 1.807) is 62.8 Å². The molecular formula is C57H68F6N10O4. The van der Waals surface area contributed by atoms with Crippen LogP contribution in [-0.4, -0.2) is 83.6 Å². The Morgan fingerprint density at radius 2 is 1.03 bits per heavy atom. The van der Waals surface area contributed by atoms with Crippen molar-refractivity contribution in [2.45, 2.75) is 103 Å². The zero-order valence-electron chi connectivity index (χ0n) is 42.8. The van der Waals surface area contributed by atoms with Gasteiger partial charge >= 0.3 is 12.4 Å². The highest BCUT2D eigenvalue weighted by atomic mass is 19.4. The predicted octanol–water partition coefficient (Wildman–Crippen LogP) is 10.4. The number of ether oxygens (including phenoxy) is 2. The monoisotopic (exact) mass is 1070 g/mol. The lowest BCUT2D eigenvalue weighted by Gasteiger charge is -2.31. The molecule has 4 aromatic carbocycles. The summed E-state index contributed by atoms with van der Waals surface area (Å²) < 4.78 is 93.7. The van der Waals surface area contributed by atoms with Gasteiger partial charge in [0.15, 0.2) is 0 Å². The van der Waals surface area contributed by atoms with Crippen LogP contribution >= 0.6 is 0 Å². The number of likely N-dealkylation sites (tertiary alicyclic amines) is 1. The molecule has 2 aliphatic heterocycles. The molecule has 2 fully saturated rings. The van der Waals surface area contributed by atoms with Gasteiger partial charge in [0.2, 0.25) is 23.7 Å². The zero-order valence-corrected chi connectivity index (χ0v) is 42.8. The fourth-order valence-corrected chi connectivity index (χ4v) is 9.75. The molecule has 2 aromatic heterocycles. The zero-order chi connectivity index (χ0) is 54.4. The third-order valence-corrected chi connectivity index (χ3v) is 13.8. The van der Waals surface area contributed by atoms with Crippen LogP contribution < -0.4 is 36.9 Å². The molecule has 0 saturated carbocycles. The van der Waals surface area contributed by atoms with Crippen LogP contribution in [0.1, 0.15) is 108 Å². The second-order valence-corrected chi connectivity index (χ2v) is 18.8. The Morgan fingerprint density at radius 1 is 0.623 bits per heavy atom. The van der Waals surface area contributed by atoms with Gasteiger partial charge in [-0.25, -0.2) is 19.9 Å². The number of hydrogen-bond donors (Lipinski definition) is 5. The van der Waals surface area contributed by atoms with Crippen LogP contribution in [0.25, 0.3) is 0 Å². The Bertz CT molecular complexity index is 2920. The molecule has 412 valence electrons. The molecule has 8 rings (SSSR count). The number of carbonyl (C=O) groups is 2. The molecular weight excluding hydrogens is 1000 g/mol. The number of aromatic nitrogens is 4. The molecule has 0 spiro atoms. The smallest absolute Gasteiger partial charge is 0.419 e. The molecule has 20 heteroatoms. The van der Waals surface area contributed by atoms with Gasteiger partial charge in [0.1, 0.15) is 11.5 Å². The van der Waals surface area contributed by atoms with Gasteiger partial charge in [-0.2, -0.15) is 26.3 Å². The summed E-state index contributed by atoms with van der Waals surface area (Å²) in [5, 5.41) is 9.41. The Morgan fingerprint density at radius 3 is 1.40 bits per heavy atom. The summed E-state index contributed by atoms with van der Waals surface area (Å²) in [5.41, 5.74) is 15.0. The molecule has 0 aliphatic carbocycles. The number of primary amides is 2. The quantitative estimate of drug-likeness (QED) is 0.0483. The van der Waals surface area contributed by atoms with E-state index in [4.69, 9.17) is 20.9 Å². The molecule has 2 amide bonds. The van der Waals surface area contributed by atoms with E-state index in [2.05, 4.69) is 47.7 Å². The van der Waals surface area contributed by atoms with Crippen molar-refractivity contribution in [2.75, 3.05) is 57.6 Å². The van der Waals surface area contributed by atoms with Crippen molar-refractivity contribution in [1.82, 2.24) is 30.2 Å². The van der Waals surface area contributed by atoms with Gasteiger partial charge in [-0.1, -0.05) is 75.0 Å². The van der Waals surface area contributed by atoms with E-state index in [1.807, 2.05) is 36.4 Å². The van der Waals surface area contributed by atoms with Crippen LogP contribution in [0.4, 0.5) is 49.6 Å². The summed E-state index contributed by atoms with van der Waals surface area (Å²) >= 11 is 0. The van der Waals surface area contributed by atoms with Crippen molar-refractivity contribution < 1.29 is 45.4 Å². The minimum atomic E-state index is -4.60. The maximum absolute atomic E-state index is 13.8. The molecule has 4 heterocycles. The maximum atomic E-state index is 13.8. The first-order valence-corrected chi connectivity index (χ1v) is 25.3. The summed E-state index contributed by atoms with van der Waals surface area (Å²) in [7, 11) is 3.11. The molecule has 2 aliphatic rings. The van der Waals surface area contributed by atoms with Crippen molar-refractivity contribution in [1.29, 1.82) is 0 Å². The first kappa shape index (κ1) is 58.9. The van der Waals surface area contributed by atoms with E-state index < -0.39 is 35.3 Å². The first-order valence-electron chi connectivity index (χ1n) is 25.3. The number of nitrogens with one attached hydrogen (secondary N) is 3. The largest absolute Gasteiger partial charge is 0.495 e. The molecule has 77 heavy (non-hydrogen) atoms. The number of methoxy groups -OCH3 is 2. The standard InChI is InChI=1S/C29H34F3N5O2.C27H30F3N5O2.CH4/c1-3-37-14-12-20(13-15-37)22-9-11-25(26(16-22)39-2)36-28-34-18-23(29(30,31)32)24(35-28)10-8-19-6-4-5-7-21(19)17-27(33)38;1-37-24-14-20(18-10-12-32-13-11-18)7-9-23(24)35-26-33-16-21(27(28,29)30)22(34-26)8-6-17-4-2-3-5-19(17)15-25(31)36;/h4-7,9,11,16,18,20H,3,8,10,12-15,17H2,1-2H3,(H2,33,38)(H,34,35,36);2-5,7,9,14,16,18,32H,6,8,10-13,15H2,1H3,(H2,31,36)(H,33,34,35);1H4. The average Bonchev–Trinajstić information content (AvgIpc) is 3.40. The van der Waals surface area contributed by atoms with Gasteiger partial charge in [0, 0.05) is 12.4 Å². The highest BCUT2D eigenvalue weighted by Gasteiger charge is 2.36. The van der Waals surface area contributed by atoms with Gasteiger partial charge in [-0.3, -0.25) is 9.59 Å². The normalized spacial score (nSPS) is 14.4. The van der Waals surface area contributed by atoms with Crippen LogP contribution in [0.3, 0.4) is 0 Å². The number of hydrogen-bond acceptors (Lipinski definition) is 12. The fourth-order valence-electron chi connectivity index (χ4n) is 9.75. The molecule has 0 bridgehead atoms. The molecule has 2 saturated heterocycles. The number of halogens is 6. The molecule has 14 nitrogen and oxygen atoms in total. The maximum Gasteiger partial charge on any atom is 0.419 e. The summed E-state index contributed by atoms with van der Waals surface area (Å²) in [5.74, 6) is 1.09. The van der Waals surface area contributed by atoms with E-state index in [0.29, 0.717) is 45.8 Å². The number of piperidine rings is 2. The third kappa shape index (κ3) is 16.3. The molecule has 0 radical (unpaired) electrons. The lowest BCUT2D eigenvalue weighted by molar-refractivity contribution is -0.139. The second-order valence-electron chi connectivity index (χ2n) is 18.8. The molecule has 6 aromatic rings. The van der Waals surface area contributed by atoms with Crippen LogP contribution in [0, 0.1) is 0 Å². The average molecular weight is 1070 g/mol. The van der Waals surface area contributed by atoms with Crippen LogP contribution in [0.15, 0.2) is 97.3 Å². The van der Waals surface area contributed by atoms with E-state index in [1.165, 1.54) is 5.56 Å². The number of alkyl halides is 6. The van der Waals surface area contributed by atoms with E-state index >= 15 is 0 Å². The lowest BCUT2D eigenvalue weighted by atomic mass is 9.89. The van der Waals surface area contributed by atoms with Gasteiger partial charge in [-0.05, 0) is 154 Å². The number of nitrogens with zero attached hydrogens (tertiary/aromatic N) is 5. The fraction of sp³-hybridized carbons (Fsp3) is 0.404. The predicted molar refractivity (Wildman–Crippen MR) is 286 cm³/mol. The Hall–Kier alpha value is -7.32. The van der Waals surface area contributed by atoms with E-state index in [0.717, 1.165) is 87.5 Å². The van der Waals surface area contributed by atoms with Crippen molar-refractivity contribution >= 4 is 35.1 Å². The number of carbonyl (C=O) groups excluding carboxylic acids is 2. The van der Waals surface area contributed by atoms with Crippen molar-refractivity contribution in [2.24, 2.45) is 11.5 Å². The highest BCUT2D eigenvalue weighted by Crippen LogP contribution is 2.38. The number of benzene rings is 4. The SMILES string of the molecule is C.CCN1CCC(c2ccc(Nc3ncc(C(F)(F)F)c(CCc4ccccc4CC(N)=O)n3)c(OC)c2)CC1.COc1cc(C2CCNCC2)ccc1Nc1ncc(C(F)(F)F)c(CCc2ccccc2CC(N)=O)n1. The summed E-state index contributed by atoms with van der Waals surface area (Å²) in [6, 6.07) is 25.8. The number of nitrogens with two attached hydrogens (primary N) is 2. The van der Waals surface area contributed by atoms with Gasteiger partial charge in [0.25, 0.3) is 0 Å². The van der Waals surface area contributed by atoms with Crippen molar-refractivity contribution in [3.63, 3.8) is 0 Å². The van der Waals surface area contributed by atoms with Crippen LogP contribution in [0.5, 0.6) is 11.5 Å². The Labute approximate surface area is 445 Å². The molecule has 0 atom stereocenters. The number of amides is 2. The van der Waals surface area contributed by atoms with Crippen LogP contribution in [0.2, 0.25) is 0 Å².